The molecule has 0 aliphatic rings. The minimum Gasteiger partial charge on any atom is -0.322 e. The normalized spacial score (nSPS) is 10.5. The summed E-state index contributed by atoms with van der Waals surface area (Å²) in [6, 6.07) is 19.8. The number of aromatic nitrogens is 3. The summed E-state index contributed by atoms with van der Waals surface area (Å²) >= 11 is 5.91. The first-order valence-electron chi connectivity index (χ1n) is 9.27. The molecule has 6 nitrogen and oxygen atoms in total. The van der Waals surface area contributed by atoms with E-state index in [2.05, 4.69) is 20.3 Å². The lowest BCUT2D eigenvalue weighted by Crippen LogP contribution is -2.16. The first-order valence-corrected chi connectivity index (χ1v) is 9.65. The van der Waals surface area contributed by atoms with Gasteiger partial charge in [0.1, 0.15) is 5.82 Å². The maximum Gasteiger partial charge on any atom is 0.255 e. The lowest BCUT2D eigenvalue weighted by atomic mass is 10.1. The van der Waals surface area contributed by atoms with Crippen molar-refractivity contribution >= 4 is 40.6 Å². The van der Waals surface area contributed by atoms with Gasteiger partial charge in [0.15, 0.2) is 0 Å². The Kier molecular flexibility index (Phi) is 5.68. The fourth-order valence-electron chi connectivity index (χ4n) is 2.96. The van der Waals surface area contributed by atoms with Crippen molar-refractivity contribution in [2.24, 2.45) is 0 Å². The van der Waals surface area contributed by atoms with Crippen molar-refractivity contribution in [3.05, 3.63) is 101 Å². The van der Waals surface area contributed by atoms with Crippen LogP contribution in [0.25, 0.3) is 0 Å². The van der Waals surface area contributed by atoms with E-state index in [4.69, 9.17) is 11.6 Å². The number of benzene rings is 2. The summed E-state index contributed by atoms with van der Waals surface area (Å²) in [6.07, 6.45) is 5.08. The van der Waals surface area contributed by atoms with E-state index >= 15 is 0 Å². The van der Waals surface area contributed by atoms with Crippen molar-refractivity contribution < 1.29 is 4.79 Å². The predicted molar refractivity (Wildman–Crippen MR) is 119 cm³/mol. The number of anilines is 4. The molecule has 0 saturated heterocycles. The molecule has 1 amide bonds. The standard InChI is InChI=1S/C23H18ClN5O/c1-16-6-11-19(28-22(30)17-7-9-18(24)10-8-17)15-20(16)29(21-5-2-3-12-25-21)23-26-13-4-14-27-23/h2-15H,1H3,(H,28,30). The summed E-state index contributed by atoms with van der Waals surface area (Å²) in [7, 11) is 0. The molecule has 4 aromatic rings. The minimum atomic E-state index is -0.221. The molecule has 2 aromatic heterocycles. The van der Waals surface area contributed by atoms with Crippen LogP contribution in [0.5, 0.6) is 0 Å². The summed E-state index contributed by atoms with van der Waals surface area (Å²) in [4.78, 5) is 27.7. The second-order valence-corrected chi connectivity index (χ2v) is 6.97. The van der Waals surface area contributed by atoms with E-state index in [1.165, 1.54) is 0 Å². The topological polar surface area (TPSA) is 71.0 Å². The highest BCUT2D eigenvalue weighted by Gasteiger charge is 2.18. The molecule has 0 aliphatic carbocycles. The Balaban J connectivity index is 1.72. The predicted octanol–water partition coefficient (Wildman–Crippen LogP) is 5.56. The van der Waals surface area contributed by atoms with Gasteiger partial charge in [-0.3, -0.25) is 9.69 Å². The monoisotopic (exact) mass is 415 g/mol. The van der Waals surface area contributed by atoms with Crippen molar-refractivity contribution in [2.45, 2.75) is 6.92 Å². The third kappa shape index (κ3) is 4.29. The maximum absolute atomic E-state index is 12.6. The number of nitrogens with one attached hydrogen (secondary N) is 1. The summed E-state index contributed by atoms with van der Waals surface area (Å²) < 4.78 is 0. The van der Waals surface area contributed by atoms with E-state index in [9.17, 15) is 4.79 Å². The van der Waals surface area contributed by atoms with Gasteiger partial charge < -0.3 is 5.32 Å². The maximum atomic E-state index is 12.6. The Labute approximate surface area is 179 Å². The number of rotatable bonds is 5. The van der Waals surface area contributed by atoms with Crippen molar-refractivity contribution in [3.63, 3.8) is 0 Å². The molecule has 7 heteroatoms. The Hall–Kier alpha value is -3.77. The van der Waals surface area contributed by atoms with Crippen LogP contribution in [-0.2, 0) is 0 Å². The van der Waals surface area contributed by atoms with Gasteiger partial charge in [-0.1, -0.05) is 23.7 Å². The molecule has 2 aromatic carbocycles. The van der Waals surface area contributed by atoms with Crippen LogP contribution in [0, 0.1) is 6.92 Å². The summed E-state index contributed by atoms with van der Waals surface area (Å²) in [5.74, 6) is 0.940. The van der Waals surface area contributed by atoms with Crippen molar-refractivity contribution in [1.82, 2.24) is 15.0 Å². The fraction of sp³-hybridized carbons (Fsp3) is 0.0435. The van der Waals surface area contributed by atoms with Gasteiger partial charge in [0, 0.05) is 34.9 Å². The zero-order valence-electron chi connectivity index (χ0n) is 16.2. The number of pyridine rings is 1. The van der Waals surface area contributed by atoms with Gasteiger partial charge in [0.25, 0.3) is 5.91 Å². The number of hydrogen-bond donors (Lipinski definition) is 1. The van der Waals surface area contributed by atoms with Gasteiger partial charge in [0.05, 0.1) is 5.69 Å². The van der Waals surface area contributed by atoms with Crippen LogP contribution in [0.15, 0.2) is 85.3 Å². The van der Waals surface area contributed by atoms with E-state index < -0.39 is 0 Å². The smallest absolute Gasteiger partial charge is 0.255 e. The molecule has 0 bridgehead atoms. The van der Waals surface area contributed by atoms with E-state index in [0.717, 1.165) is 11.3 Å². The lowest BCUT2D eigenvalue weighted by Gasteiger charge is -2.24. The van der Waals surface area contributed by atoms with Gasteiger partial charge in [0.2, 0.25) is 5.95 Å². The number of amides is 1. The molecule has 0 saturated carbocycles. The van der Waals surface area contributed by atoms with Crippen LogP contribution in [-0.4, -0.2) is 20.9 Å². The van der Waals surface area contributed by atoms with Gasteiger partial charge in [-0.05, 0) is 67.1 Å². The molecule has 0 spiro atoms. The Morgan fingerprint density at radius 3 is 2.33 bits per heavy atom. The summed E-state index contributed by atoms with van der Waals surface area (Å²) in [5, 5.41) is 3.51. The average Bonchev–Trinajstić information content (AvgIpc) is 2.78. The first-order chi connectivity index (χ1) is 14.6. The minimum absolute atomic E-state index is 0.221. The van der Waals surface area contributed by atoms with Gasteiger partial charge >= 0.3 is 0 Å². The van der Waals surface area contributed by atoms with Crippen LogP contribution in [0.4, 0.5) is 23.1 Å². The molecule has 4 rings (SSSR count). The molecule has 2 heterocycles. The van der Waals surface area contributed by atoms with Crippen LogP contribution in [0.3, 0.4) is 0 Å². The van der Waals surface area contributed by atoms with Crippen LogP contribution < -0.4 is 10.2 Å². The summed E-state index contributed by atoms with van der Waals surface area (Å²) in [5.41, 5.74) is 2.97. The highest BCUT2D eigenvalue weighted by Crippen LogP contribution is 2.34. The Morgan fingerprint density at radius 1 is 0.900 bits per heavy atom. The van der Waals surface area contributed by atoms with Crippen molar-refractivity contribution in [3.8, 4) is 0 Å². The van der Waals surface area contributed by atoms with Crippen molar-refractivity contribution in [2.75, 3.05) is 10.2 Å². The zero-order valence-corrected chi connectivity index (χ0v) is 16.9. The Bertz CT molecular complexity index is 1110. The van der Waals surface area contributed by atoms with E-state index in [-0.39, 0.29) is 5.91 Å². The van der Waals surface area contributed by atoms with Gasteiger partial charge in [-0.15, -0.1) is 0 Å². The molecule has 0 radical (unpaired) electrons. The zero-order chi connectivity index (χ0) is 20.9. The number of aryl methyl sites for hydroxylation is 1. The molecule has 0 unspecified atom stereocenters. The number of hydrogen-bond acceptors (Lipinski definition) is 5. The molecule has 0 fully saturated rings. The first kappa shape index (κ1) is 19.5. The number of carbonyl (C=O) groups excluding carboxylic acids is 1. The lowest BCUT2D eigenvalue weighted by molar-refractivity contribution is 0.102. The van der Waals surface area contributed by atoms with Crippen LogP contribution in [0.1, 0.15) is 15.9 Å². The van der Waals surface area contributed by atoms with Crippen LogP contribution >= 0.6 is 11.6 Å². The van der Waals surface area contributed by atoms with Crippen LogP contribution in [0.2, 0.25) is 5.02 Å². The molecule has 0 atom stereocenters. The molecular formula is C23H18ClN5O. The average molecular weight is 416 g/mol. The summed E-state index contributed by atoms with van der Waals surface area (Å²) in [6.45, 7) is 1.99. The molecular weight excluding hydrogens is 398 g/mol. The SMILES string of the molecule is Cc1ccc(NC(=O)c2ccc(Cl)cc2)cc1N(c1ccccn1)c1ncccn1. The molecule has 0 aliphatic heterocycles. The van der Waals surface area contributed by atoms with E-state index in [1.54, 1.807) is 48.9 Å². The molecule has 1 N–H and O–H groups in total. The molecule has 30 heavy (non-hydrogen) atoms. The third-order valence-corrected chi connectivity index (χ3v) is 4.70. The largest absolute Gasteiger partial charge is 0.322 e. The third-order valence-electron chi connectivity index (χ3n) is 4.44. The number of halogens is 1. The second kappa shape index (κ2) is 8.71. The number of carbonyl (C=O) groups is 1. The highest BCUT2D eigenvalue weighted by atomic mass is 35.5. The Morgan fingerprint density at radius 2 is 1.63 bits per heavy atom. The van der Waals surface area contributed by atoms with Gasteiger partial charge in [-0.2, -0.15) is 0 Å². The molecule has 148 valence electrons. The number of nitrogens with zero attached hydrogens (tertiary/aromatic N) is 4. The van der Waals surface area contributed by atoms with Crippen molar-refractivity contribution in [1.29, 1.82) is 0 Å². The highest BCUT2D eigenvalue weighted by molar-refractivity contribution is 6.30. The fourth-order valence-corrected chi connectivity index (χ4v) is 3.08. The van der Waals surface area contributed by atoms with Gasteiger partial charge in [-0.25, -0.2) is 15.0 Å². The second-order valence-electron chi connectivity index (χ2n) is 6.53. The quantitative estimate of drug-likeness (QED) is 0.462. The van der Waals surface area contributed by atoms with E-state index in [0.29, 0.717) is 28.0 Å². The van der Waals surface area contributed by atoms with E-state index in [1.807, 2.05) is 48.2 Å².